The number of fused-ring (bicyclic) bond motifs is 1. The molecule has 6 atom stereocenters. The molecular weight excluding hydrogens is 614 g/mol. The van der Waals surface area contributed by atoms with Crippen LogP contribution in [0, 0.1) is 17.3 Å². The number of aromatic nitrogens is 2. The maximum absolute atomic E-state index is 14.7. The van der Waals surface area contributed by atoms with Crippen LogP contribution in [-0.2, 0) is 24.0 Å². The molecule has 2 fully saturated rings. The highest BCUT2D eigenvalue weighted by molar-refractivity contribution is 6.38. The van der Waals surface area contributed by atoms with Gasteiger partial charge in [-0.05, 0) is 56.3 Å². The van der Waals surface area contributed by atoms with Gasteiger partial charge < -0.3 is 25.8 Å². The van der Waals surface area contributed by atoms with Crippen LogP contribution in [0.1, 0.15) is 110 Å². The van der Waals surface area contributed by atoms with Crippen molar-refractivity contribution in [2.75, 3.05) is 19.6 Å². The number of hydrogen-bond acceptors (Lipinski definition) is 8. The Bertz CT molecular complexity index is 1300. The van der Waals surface area contributed by atoms with Gasteiger partial charge in [-0.2, -0.15) is 0 Å². The SMILES string of the molecule is CCCCN(C(=O)CNC(=O)c1cnccn1)[C@H](C(=O)N1C[C@@H]2CCC[C@@H]2[C@H]1C(=O)N[C@@H](CCC)C(=O)C(=O)N[C@@H](C)CC)C(C)(C)C. The number of rotatable bonds is 16. The molecule has 13 heteroatoms. The maximum atomic E-state index is 14.7. The summed E-state index contributed by atoms with van der Waals surface area (Å²) in [6.07, 6.45) is 9.65. The van der Waals surface area contributed by atoms with Crippen LogP contribution in [0.4, 0.5) is 0 Å². The molecule has 2 heterocycles. The van der Waals surface area contributed by atoms with Gasteiger partial charge in [-0.1, -0.05) is 60.8 Å². The fourth-order valence-corrected chi connectivity index (χ4v) is 6.86. The van der Waals surface area contributed by atoms with E-state index in [1.54, 1.807) is 4.90 Å². The van der Waals surface area contributed by atoms with E-state index in [1.807, 2.05) is 48.5 Å². The lowest BCUT2D eigenvalue weighted by molar-refractivity contribution is -0.153. The minimum Gasteiger partial charge on any atom is -0.347 e. The summed E-state index contributed by atoms with van der Waals surface area (Å²) in [4.78, 5) is 92.3. The van der Waals surface area contributed by atoms with Crippen molar-refractivity contribution in [3.8, 4) is 0 Å². The van der Waals surface area contributed by atoms with Crippen molar-refractivity contribution in [3.63, 3.8) is 0 Å². The molecule has 1 aliphatic heterocycles. The highest BCUT2D eigenvalue weighted by atomic mass is 16.2. The third-order valence-corrected chi connectivity index (χ3v) is 9.50. The molecule has 0 bridgehead atoms. The second-order valence-electron chi connectivity index (χ2n) is 14.3. The maximum Gasteiger partial charge on any atom is 0.289 e. The number of likely N-dealkylation sites (tertiary alicyclic amines) is 1. The van der Waals surface area contributed by atoms with E-state index < -0.39 is 53.0 Å². The zero-order chi connectivity index (χ0) is 35.6. The van der Waals surface area contributed by atoms with Crippen molar-refractivity contribution in [1.82, 2.24) is 35.7 Å². The minimum atomic E-state index is -1.01. The molecule has 266 valence electrons. The Morgan fingerprint density at radius 1 is 1.02 bits per heavy atom. The average Bonchev–Trinajstić information content (AvgIpc) is 3.66. The molecule has 5 amide bonds. The first-order chi connectivity index (χ1) is 22.7. The monoisotopic (exact) mass is 669 g/mol. The third kappa shape index (κ3) is 9.59. The van der Waals surface area contributed by atoms with E-state index in [0.29, 0.717) is 32.4 Å². The summed E-state index contributed by atoms with van der Waals surface area (Å²) in [5.74, 6) is -3.16. The zero-order valence-electron chi connectivity index (χ0n) is 29.7. The molecule has 1 saturated carbocycles. The Morgan fingerprint density at radius 3 is 2.35 bits per heavy atom. The standard InChI is InChI=1S/C35H55N7O6/c1-8-11-18-41(27(43)20-38-31(45)26-19-36-16-17-37-26)30(35(5,6)7)34(48)42-21-23-14-12-15-24(23)28(42)32(46)40-25(13-9-2)29(44)33(47)39-22(4)10-3/h16-17,19,22-25,28,30H,8-15,18,20-21H2,1-7H3,(H,38,45)(H,39,47)(H,40,46)/t22-,23-,24-,25-,28-,30+/m0/s1. The minimum absolute atomic E-state index is 0.0727. The molecule has 2 aliphatic rings. The Labute approximate surface area is 284 Å². The fourth-order valence-electron chi connectivity index (χ4n) is 6.86. The molecule has 13 nitrogen and oxygen atoms in total. The van der Waals surface area contributed by atoms with Crippen LogP contribution in [0.5, 0.6) is 0 Å². The molecular formula is C35H55N7O6. The number of nitrogens with one attached hydrogen (secondary N) is 3. The van der Waals surface area contributed by atoms with Gasteiger partial charge in [0, 0.05) is 31.5 Å². The van der Waals surface area contributed by atoms with E-state index in [0.717, 1.165) is 25.7 Å². The van der Waals surface area contributed by atoms with E-state index in [9.17, 15) is 28.8 Å². The van der Waals surface area contributed by atoms with Gasteiger partial charge in [0.2, 0.25) is 23.5 Å². The highest BCUT2D eigenvalue weighted by Crippen LogP contribution is 2.43. The zero-order valence-corrected chi connectivity index (χ0v) is 29.7. The van der Waals surface area contributed by atoms with Crippen LogP contribution >= 0.6 is 0 Å². The first-order valence-electron chi connectivity index (χ1n) is 17.5. The van der Waals surface area contributed by atoms with Crippen molar-refractivity contribution in [1.29, 1.82) is 0 Å². The topological polar surface area (TPSA) is 171 Å². The number of unbranched alkanes of at least 4 members (excludes halogenated alkanes) is 1. The second-order valence-corrected chi connectivity index (χ2v) is 14.3. The van der Waals surface area contributed by atoms with Crippen molar-refractivity contribution in [3.05, 3.63) is 24.3 Å². The van der Waals surface area contributed by atoms with Gasteiger partial charge in [-0.25, -0.2) is 4.98 Å². The number of hydrogen-bond donors (Lipinski definition) is 3. The number of amides is 5. The molecule has 1 aromatic heterocycles. The van der Waals surface area contributed by atoms with Crippen LogP contribution in [0.3, 0.4) is 0 Å². The van der Waals surface area contributed by atoms with Crippen LogP contribution in [0.25, 0.3) is 0 Å². The van der Waals surface area contributed by atoms with Gasteiger partial charge in [-0.15, -0.1) is 0 Å². The normalized spacial score (nSPS) is 20.6. The van der Waals surface area contributed by atoms with Crippen molar-refractivity contribution < 1.29 is 28.8 Å². The van der Waals surface area contributed by atoms with E-state index in [4.69, 9.17) is 0 Å². The lowest BCUT2D eigenvalue weighted by Gasteiger charge is -2.42. The van der Waals surface area contributed by atoms with E-state index in [2.05, 4.69) is 25.9 Å². The average molecular weight is 670 g/mol. The second kappa shape index (κ2) is 17.5. The first-order valence-corrected chi connectivity index (χ1v) is 17.5. The van der Waals surface area contributed by atoms with Gasteiger partial charge in [0.05, 0.1) is 18.8 Å². The van der Waals surface area contributed by atoms with Crippen molar-refractivity contribution >= 4 is 35.3 Å². The number of carbonyl (C=O) groups excluding carboxylic acids is 6. The summed E-state index contributed by atoms with van der Waals surface area (Å²) < 4.78 is 0. The summed E-state index contributed by atoms with van der Waals surface area (Å²) >= 11 is 0. The van der Waals surface area contributed by atoms with Gasteiger partial charge in [0.15, 0.2) is 0 Å². The highest BCUT2D eigenvalue weighted by Gasteiger charge is 2.53. The van der Waals surface area contributed by atoms with Gasteiger partial charge in [0.25, 0.3) is 11.8 Å². The summed E-state index contributed by atoms with van der Waals surface area (Å²) in [6.45, 7) is 13.6. The number of Topliss-reactive ketones (excluding diaryl/α,β-unsaturated/α-hetero) is 1. The summed E-state index contributed by atoms with van der Waals surface area (Å²) in [6, 6.07) is -2.95. The smallest absolute Gasteiger partial charge is 0.289 e. The molecule has 0 aromatic carbocycles. The molecule has 3 N–H and O–H groups in total. The summed E-state index contributed by atoms with van der Waals surface area (Å²) in [7, 11) is 0. The molecule has 1 aliphatic carbocycles. The predicted octanol–water partition coefficient (Wildman–Crippen LogP) is 2.65. The van der Waals surface area contributed by atoms with Crippen LogP contribution < -0.4 is 16.0 Å². The van der Waals surface area contributed by atoms with Gasteiger partial charge in [0.1, 0.15) is 17.8 Å². The molecule has 48 heavy (non-hydrogen) atoms. The Kier molecular flexibility index (Phi) is 14.0. The quantitative estimate of drug-likeness (QED) is 0.226. The largest absolute Gasteiger partial charge is 0.347 e. The Morgan fingerprint density at radius 2 is 1.75 bits per heavy atom. The lowest BCUT2D eigenvalue weighted by atomic mass is 9.83. The molecule has 0 radical (unpaired) electrons. The Balaban J connectivity index is 1.89. The van der Waals surface area contributed by atoms with Crippen molar-refractivity contribution in [2.24, 2.45) is 17.3 Å². The Hall–Kier alpha value is -3.90. The van der Waals surface area contributed by atoms with E-state index in [-0.39, 0.29) is 42.4 Å². The van der Waals surface area contributed by atoms with E-state index in [1.165, 1.54) is 23.5 Å². The molecule has 3 rings (SSSR count). The third-order valence-electron chi connectivity index (χ3n) is 9.50. The molecule has 0 unspecified atom stereocenters. The van der Waals surface area contributed by atoms with E-state index >= 15 is 0 Å². The fraction of sp³-hybridized carbons (Fsp3) is 0.714. The predicted molar refractivity (Wildman–Crippen MR) is 180 cm³/mol. The lowest BCUT2D eigenvalue weighted by Crippen LogP contribution is -2.61. The first kappa shape index (κ1) is 38.5. The van der Waals surface area contributed by atoms with Crippen LogP contribution in [0.15, 0.2) is 18.6 Å². The number of ketones is 1. The van der Waals surface area contributed by atoms with Gasteiger partial charge >= 0.3 is 0 Å². The summed E-state index contributed by atoms with van der Waals surface area (Å²) in [5.41, 5.74) is -0.647. The molecule has 0 spiro atoms. The summed E-state index contributed by atoms with van der Waals surface area (Å²) in [5, 5.41) is 8.17. The van der Waals surface area contributed by atoms with Crippen LogP contribution in [0.2, 0.25) is 0 Å². The van der Waals surface area contributed by atoms with Gasteiger partial charge in [-0.3, -0.25) is 33.8 Å². The number of nitrogens with zero attached hydrogens (tertiary/aromatic N) is 4. The number of carbonyl (C=O) groups is 6. The molecule has 1 aromatic rings. The molecule has 1 saturated heterocycles. The van der Waals surface area contributed by atoms with Crippen molar-refractivity contribution in [2.45, 2.75) is 124 Å². The van der Waals surface area contributed by atoms with Crippen LogP contribution in [-0.4, -0.2) is 98.9 Å².